The Kier molecular flexibility index (Phi) is 41.4. The van der Waals surface area contributed by atoms with Crippen molar-refractivity contribution >= 4 is 12.2 Å². The molecule has 0 fully saturated rings. The van der Waals surface area contributed by atoms with Crippen LogP contribution in [0, 0.1) is 0 Å². The Morgan fingerprint density at radius 1 is 1.22 bits per heavy atom. The van der Waals surface area contributed by atoms with E-state index < -0.39 is 11.7 Å². The fourth-order valence-corrected chi connectivity index (χ4v) is 0.302. The molecule has 0 rings (SSSR count). The maximum absolute atomic E-state index is 10.0. The number of hydrogen-bond donors (Lipinski definition) is 2. The number of carbonyl (C=O) groups is 1. The molecule has 0 unspecified atom stereocenters. The molecule has 0 spiro atoms. The van der Waals surface area contributed by atoms with E-state index in [1.807, 2.05) is 13.8 Å². The second-order valence-corrected chi connectivity index (χ2v) is 3.82. The first-order valence-electron chi connectivity index (χ1n) is 4.16. The SMILES string of the molecule is C.C.C=C(C)C.CC(C)(C)OC(N)=O.N.O=C=O.[2HH]. The van der Waals surface area contributed by atoms with E-state index in [0.717, 1.165) is 0 Å². The summed E-state index contributed by atoms with van der Waals surface area (Å²) in [5, 5.41) is 0. The van der Waals surface area contributed by atoms with Gasteiger partial charge in [-0.2, -0.15) is 9.59 Å². The molecule has 6 nitrogen and oxygen atoms in total. The summed E-state index contributed by atoms with van der Waals surface area (Å²) in [6.07, 6.45) is -0.475. The molecule has 0 aromatic carbocycles. The lowest BCUT2D eigenvalue weighted by Crippen LogP contribution is -2.27. The van der Waals surface area contributed by atoms with Gasteiger partial charge in [-0.3, -0.25) is 0 Å². The Bertz CT molecular complexity index is 228. The van der Waals surface area contributed by atoms with Gasteiger partial charge in [0.1, 0.15) is 5.60 Å². The fraction of sp³-hybridized carbons (Fsp3) is 0.667. The van der Waals surface area contributed by atoms with E-state index in [1.54, 1.807) is 20.8 Å². The highest BCUT2D eigenvalue weighted by Crippen LogP contribution is 2.04. The summed E-state index contributed by atoms with van der Waals surface area (Å²) in [5.41, 5.74) is 5.43. The first-order valence-corrected chi connectivity index (χ1v) is 4.16. The molecule has 0 aromatic rings. The van der Waals surface area contributed by atoms with Gasteiger partial charge in [0, 0.05) is 1.43 Å². The summed E-state index contributed by atoms with van der Waals surface area (Å²) in [7, 11) is 0. The predicted octanol–water partition coefficient (Wildman–Crippen LogP) is 3.56. The standard InChI is InChI=1S/C5H11NO2.C4H8.CO2.2CH4.H3N.H2/c1-5(2,3)8-4(6)7;1-4(2)3;2-1-3;;;;/h1-3H3,(H2,6,7);1H2,2-3H3;;2*1H4;1H3;1H/i;;;;;;1+1. The molecule has 0 aliphatic rings. The fourth-order valence-electron chi connectivity index (χ4n) is 0.302. The molecule has 1 amide bonds. The molecule has 6 heteroatoms. The molecule has 5 N–H and O–H groups in total. The Balaban J connectivity index is -0.0000000231. The van der Waals surface area contributed by atoms with Crippen molar-refractivity contribution < 1.29 is 20.5 Å². The van der Waals surface area contributed by atoms with Gasteiger partial charge in [0.25, 0.3) is 0 Å². The molecule has 0 saturated carbocycles. The number of nitrogens with two attached hydrogens (primary N) is 1. The largest absolute Gasteiger partial charge is 0.444 e. The lowest BCUT2D eigenvalue weighted by molar-refractivity contribution is -0.191. The van der Waals surface area contributed by atoms with E-state index in [-0.39, 0.29) is 28.6 Å². The zero-order valence-electron chi connectivity index (χ0n) is 10.6. The molecule has 0 heterocycles. The minimum absolute atomic E-state index is 0. The molecule has 0 atom stereocenters. The maximum Gasteiger partial charge on any atom is 0.405 e. The number of amides is 1. The smallest absolute Gasteiger partial charge is 0.405 e. The number of ether oxygens (including phenoxy) is 1. The Morgan fingerprint density at radius 3 is 1.39 bits per heavy atom. The quantitative estimate of drug-likeness (QED) is 0.651. The van der Waals surface area contributed by atoms with Crippen molar-refractivity contribution in [3.63, 3.8) is 0 Å². The van der Waals surface area contributed by atoms with Crippen LogP contribution < -0.4 is 11.9 Å². The highest BCUT2D eigenvalue weighted by atomic mass is 16.6. The van der Waals surface area contributed by atoms with Crippen molar-refractivity contribution in [2.45, 2.75) is 55.1 Å². The molecular formula is C12H32N2O4. The third kappa shape index (κ3) is 228. The van der Waals surface area contributed by atoms with Crippen LogP contribution in [-0.2, 0) is 14.3 Å². The summed E-state index contributed by atoms with van der Waals surface area (Å²) in [4.78, 5) is 26.3. The molecule has 0 aliphatic heterocycles. The van der Waals surface area contributed by atoms with Crippen molar-refractivity contribution in [2.75, 3.05) is 0 Å². The average molecular weight is 269 g/mol. The highest BCUT2D eigenvalue weighted by molar-refractivity contribution is 5.65. The van der Waals surface area contributed by atoms with Gasteiger partial charge in [0.15, 0.2) is 0 Å². The maximum atomic E-state index is 10.0. The number of primary amides is 1. The van der Waals surface area contributed by atoms with Gasteiger partial charge in [0.05, 0.1) is 0 Å². The molecule has 0 bridgehead atoms. The van der Waals surface area contributed by atoms with Crippen LogP contribution in [0.3, 0.4) is 0 Å². The van der Waals surface area contributed by atoms with E-state index in [4.69, 9.17) is 15.3 Å². The third-order valence-electron chi connectivity index (χ3n) is 0.407. The monoisotopic (exact) mass is 269 g/mol. The summed E-state index contributed by atoms with van der Waals surface area (Å²) in [6.45, 7) is 12.8. The van der Waals surface area contributed by atoms with Crippen molar-refractivity contribution in [2.24, 2.45) is 5.73 Å². The van der Waals surface area contributed by atoms with Crippen molar-refractivity contribution in [3.05, 3.63) is 12.2 Å². The normalized spacial score (nSPS) is 6.72. The second kappa shape index (κ2) is 20.7. The third-order valence-corrected chi connectivity index (χ3v) is 0.407. The van der Waals surface area contributed by atoms with Crippen LogP contribution in [0.25, 0.3) is 0 Å². The molecule has 0 aromatic heterocycles. The minimum Gasteiger partial charge on any atom is -0.444 e. The first kappa shape index (κ1) is 36.0. The number of rotatable bonds is 0. The lowest BCUT2D eigenvalue weighted by Gasteiger charge is -2.16. The van der Waals surface area contributed by atoms with Gasteiger partial charge in [0.2, 0.25) is 0 Å². The van der Waals surface area contributed by atoms with Gasteiger partial charge < -0.3 is 16.6 Å². The molecule has 0 radical (unpaired) electrons. The second-order valence-electron chi connectivity index (χ2n) is 3.82. The van der Waals surface area contributed by atoms with Crippen LogP contribution in [0.15, 0.2) is 12.2 Å². The van der Waals surface area contributed by atoms with Crippen molar-refractivity contribution in [3.8, 4) is 0 Å². The minimum atomic E-state index is -0.725. The summed E-state index contributed by atoms with van der Waals surface area (Å²) in [6, 6.07) is 0. The zero-order valence-corrected chi connectivity index (χ0v) is 10.6. The van der Waals surface area contributed by atoms with Crippen LogP contribution in [0.4, 0.5) is 4.79 Å². The number of carbonyl (C=O) groups excluding carboxylic acids is 3. The lowest BCUT2D eigenvalue weighted by atomic mass is 10.2. The number of allylic oxidation sites excluding steroid dienone is 1. The van der Waals surface area contributed by atoms with E-state index in [0.29, 0.717) is 0 Å². The summed E-state index contributed by atoms with van der Waals surface area (Å²) in [5.74, 6) is 0. The van der Waals surface area contributed by atoms with Crippen LogP contribution in [0.2, 0.25) is 0 Å². The average Bonchev–Trinajstić information content (AvgIpc) is 1.79. The van der Waals surface area contributed by atoms with Crippen LogP contribution >= 0.6 is 0 Å². The highest BCUT2D eigenvalue weighted by Gasteiger charge is 2.12. The van der Waals surface area contributed by atoms with Crippen molar-refractivity contribution in [1.29, 1.82) is 0 Å². The first-order chi connectivity index (χ1) is 6.56. The van der Waals surface area contributed by atoms with Gasteiger partial charge in [-0.05, 0) is 34.6 Å². The van der Waals surface area contributed by atoms with Gasteiger partial charge in [-0.1, -0.05) is 20.4 Å². The Labute approximate surface area is 113 Å². The number of hydrogen-bond acceptors (Lipinski definition) is 5. The molecule has 114 valence electrons. The summed E-state index contributed by atoms with van der Waals surface area (Å²) >= 11 is 0. The van der Waals surface area contributed by atoms with Gasteiger partial charge in [-0.25, -0.2) is 4.79 Å². The zero-order chi connectivity index (χ0) is 13.1. The van der Waals surface area contributed by atoms with Crippen LogP contribution in [-0.4, -0.2) is 17.8 Å². The van der Waals surface area contributed by atoms with Crippen LogP contribution in [0.1, 0.15) is 50.9 Å². The van der Waals surface area contributed by atoms with E-state index in [1.165, 1.54) is 5.57 Å². The molecular weight excluding hydrogens is 236 g/mol. The molecule has 0 saturated heterocycles. The van der Waals surface area contributed by atoms with Gasteiger partial charge in [-0.15, -0.1) is 6.58 Å². The topological polar surface area (TPSA) is 121 Å². The van der Waals surface area contributed by atoms with E-state index in [2.05, 4.69) is 11.3 Å². The Morgan fingerprint density at radius 2 is 1.39 bits per heavy atom. The van der Waals surface area contributed by atoms with Gasteiger partial charge >= 0.3 is 12.2 Å². The molecule has 18 heavy (non-hydrogen) atoms. The van der Waals surface area contributed by atoms with E-state index in [9.17, 15) is 4.79 Å². The predicted molar refractivity (Wildman–Crippen MR) is 76.5 cm³/mol. The van der Waals surface area contributed by atoms with Crippen molar-refractivity contribution in [1.82, 2.24) is 6.15 Å². The summed E-state index contributed by atoms with van der Waals surface area (Å²) < 4.78 is 4.58. The Hall–Kier alpha value is -1.65. The van der Waals surface area contributed by atoms with E-state index >= 15 is 0 Å². The van der Waals surface area contributed by atoms with Crippen LogP contribution in [0.5, 0.6) is 0 Å². The molecule has 0 aliphatic carbocycles.